The molecule has 0 atom stereocenters. The predicted octanol–water partition coefficient (Wildman–Crippen LogP) is 2.50. The quantitative estimate of drug-likeness (QED) is 0.423. The summed E-state index contributed by atoms with van der Waals surface area (Å²) in [6, 6.07) is 0. The van der Waals surface area contributed by atoms with Crippen LogP contribution in [0, 0.1) is 17.8 Å². The van der Waals surface area contributed by atoms with Crippen molar-refractivity contribution in [1.82, 2.24) is 0 Å². The molecule has 0 aliphatic carbocycles. The summed E-state index contributed by atoms with van der Waals surface area (Å²) in [7, 11) is 5.71. The normalized spacial score (nSPS) is 11.1. The minimum atomic E-state index is 0.640. The Balaban J connectivity index is 3.68. The first kappa shape index (κ1) is 10.4. The molecule has 0 N–H and O–H groups in total. The molecular weight excluding hydrogens is 131 g/mol. The van der Waals surface area contributed by atoms with Crippen LogP contribution in [0.4, 0.5) is 0 Å². The zero-order valence-electron chi connectivity index (χ0n) is 7.65. The molecule has 0 aromatic rings. The van der Waals surface area contributed by atoms with Gasteiger partial charge in [-0.25, -0.2) is 0 Å². The summed E-state index contributed by atoms with van der Waals surface area (Å²) >= 11 is 0. The summed E-state index contributed by atoms with van der Waals surface area (Å²) in [5.74, 6) is 6.41. The Hall–Kier alpha value is -0.635. The third-order valence-electron chi connectivity index (χ3n) is 1.29. The van der Waals surface area contributed by atoms with Gasteiger partial charge in [0.25, 0.3) is 0 Å². The zero-order valence-corrected chi connectivity index (χ0v) is 7.65. The smallest absolute Gasteiger partial charge is 0.107 e. The van der Waals surface area contributed by atoms with Crippen molar-refractivity contribution in [2.24, 2.45) is 5.92 Å². The maximum Gasteiger partial charge on any atom is 0.107 e. The van der Waals surface area contributed by atoms with E-state index in [1.807, 2.05) is 13.0 Å². The highest BCUT2D eigenvalue weighted by Gasteiger charge is 1.93. The van der Waals surface area contributed by atoms with Crippen molar-refractivity contribution < 1.29 is 0 Å². The lowest BCUT2D eigenvalue weighted by Crippen LogP contribution is -1.90. The van der Waals surface area contributed by atoms with E-state index in [0.29, 0.717) is 5.92 Å². The molecule has 58 valence electrons. The molecule has 0 aromatic carbocycles. The second-order valence-corrected chi connectivity index (χ2v) is 3.01. The molecule has 0 aliphatic heterocycles. The highest BCUT2D eigenvalue weighted by atomic mass is 14.0. The summed E-state index contributed by atoms with van der Waals surface area (Å²) in [6.07, 6.45) is 3.76. The number of hydrogen-bond donors (Lipinski definition) is 0. The van der Waals surface area contributed by atoms with Crippen molar-refractivity contribution in [2.75, 3.05) is 0 Å². The van der Waals surface area contributed by atoms with Crippen molar-refractivity contribution in [3.8, 4) is 11.8 Å². The lowest BCUT2D eigenvalue weighted by molar-refractivity contribution is 0.656. The second kappa shape index (κ2) is 6.10. The molecule has 1 heteroatoms. The van der Waals surface area contributed by atoms with Gasteiger partial charge in [0.1, 0.15) is 7.85 Å². The molecule has 0 amide bonds. The first-order valence-corrected chi connectivity index (χ1v) is 4.01. The topological polar surface area (TPSA) is 0 Å². The van der Waals surface area contributed by atoms with Crippen molar-refractivity contribution in [3.63, 3.8) is 0 Å². The summed E-state index contributed by atoms with van der Waals surface area (Å²) < 4.78 is 0. The Kier molecular flexibility index (Phi) is 5.75. The van der Waals surface area contributed by atoms with Crippen LogP contribution in [0.5, 0.6) is 0 Å². The highest BCUT2D eigenvalue weighted by Crippen LogP contribution is 2.07. The van der Waals surface area contributed by atoms with Gasteiger partial charge in [-0.1, -0.05) is 25.8 Å². The van der Waals surface area contributed by atoms with Gasteiger partial charge < -0.3 is 0 Å². The van der Waals surface area contributed by atoms with Gasteiger partial charge in [0.05, 0.1) is 0 Å². The first-order valence-electron chi connectivity index (χ1n) is 4.01. The monoisotopic (exact) mass is 146 g/mol. The Morgan fingerprint density at radius 2 is 2.18 bits per heavy atom. The molecule has 0 saturated heterocycles. The van der Waals surface area contributed by atoms with Crippen LogP contribution < -0.4 is 0 Å². The fourth-order valence-electron chi connectivity index (χ4n) is 0.839. The molecule has 11 heavy (non-hydrogen) atoms. The Morgan fingerprint density at radius 1 is 1.55 bits per heavy atom. The minimum Gasteiger partial charge on any atom is -0.120 e. The molecule has 0 fully saturated rings. The van der Waals surface area contributed by atoms with Crippen molar-refractivity contribution >= 4 is 7.85 Å². The third-order valence-corrected chi connectivity index (χ3v) is 1.29. The van der Waals surface area contributed by atoms with Crippen LogP contribution >= 0.6 is 0 Å². The number of rotatable bonds is 3. The Labute approximate surface area is 71.5 Å². The lowest BCUT2D eigenvalue weighted by Gasteiger charge is -2.03. The molecule has 0 spiro atoms. The highest BCUT2D eigenvalue weighted by molar-refractivity contribution is 6.21. The van der Waals surface area contributed by atoms with E-state index < -0.39 is 0 Å². The lowest BCUT2D eigenvalue weighted by atomic mass is 9.87. The molecule has 2 radical (unpaired) electrons. The minimum absolute atomic E-state index is 0.640. The number of allylic oxidation sites excluding steroid dienone is 2. The van der Waals surface area contributed by atoms with Crippen LogP contribution in [-0.2, 0) is 0 Å². The van der Waals surface area contributed by atoms with Crippen molar-refractivity contribution in [3.05, 3.63) is 11.5 Å². The van der Waals surface area contributed by atoms with Crippen LogP contribution in [0.1, 0.15) is 33.6 Å². The van der Waals surface area contributed by atoms with E-state index in [4.69, 9.17) is 7.85 Å². The van der Waals surface area contributed by atoms with E-state index in [1.165, 1.54) is 0 Å². The van der Waals surface area contributed by atoms with Crippen LogP contribution in [0.15, 0.2) is 11.5 Å². The second-order valence-electron chi connectivity index (χ2n) is 3.01. The molecule has 0 bridgehead atoms. The SMILES string of the molecule is [B]/C(=C/CC#CC)CC(C)C. The average molecular weight is 146 g/mol. The van der Waals surface area contributed by atoms with Gasteiger partial charge in [0.2, 0.25) is 0 Å². The zero-order chi connectivity index (χ0) is 8.69. The molecule has 0 aliphatic rings. The Bertz CT molecular complexity index is 179. The number of hydrogen-bond acceptors (Lipinski definition) is 0. The Morgan fingerprint density at radius 3 is 2.64 bits per heavy atom. The standard InChI is InChI=1S/C10H15B/c1-4-5-6-7-10(11)8-9(2)3/h7,9H,6,8H2,1-3H3/b10-7+. The third kappa shape index (κ3) is 7.26. The fourth-order valence-corrected chi connectivity index (χ4v) is 0.839. The van der Waals surface area contributed by atoms with Crippen molar-refractivity contribution in [1.29, 1.82) is 0 Å². The molecule has 0 aromatic heterocycles. The van der Waals surface area contributed by atoms with Crippen molar-refractivity contribution in [2.45, 2.75) is 33.6 Å². The van der Waals surface area contributed by atoms with E-state index >= 15 is 0 Å². The molecule has 0 rings (SSSR count). The van der Waals surface area contributed by atoms with E-state index in [-0.39, 0.29) is 0 Å². The van der Waals surface area contributed by atoms with Gasteiger partial charge in [-0.2, -0.15) is 0 Å². The van der Waals surface area contributed by atoms with Crippen LogP contribution in [0.25, 0.3) is 0 Å². The first-order chi connectivity index (χ1) is 5.16. The fraction of sp³-hybridized carbons (Fsp3) is 0.600. The molecule has 0 unspecified atom stereocenters. The molecule has 0 heterocycles. The van der Waals surface area contributed by atoms with E-state index in [9.17, 15) is 0 Å². The predicted molar refractivity (Wildman–Crippen MR) is 51.4 cm³/mol. The largest absolute Gasteiger partial charge is 0.120 e. The average Bonchev–Trinajstić information content (AvgIpc) is 1.86. The van der Waals surface area contributed by atoms with E-state index in [0.717, 1.165) is 18.3 Å². The van der Waals surface area contributed by atoms with Gasteiger partial charge in [-0.3, -0.25) is 0 Å². The van der Waals surface area contributed by atoms with Gasteiger partial charge in [-0.05, 0) is 19.3 Å². The summed E-state index contributed by atoms with van der Waals surface area (Å²) in [5.41, 5.74) is 0.961. The van der Waals surface area contributed by atoms with Crippen LogP contribution in [0.2, 0.25) is 0 Å². The van der Waals surface area contributed by atoms with Gasteiger partial charge in [0.15, 0.2) is 0 Å². The van der Waals surface area contributed by atoms with Gasteiger partial charge in [-0.15, -0.1) is 11.4 Å². The molecule has 0 nitrogen and oxygen atoms in total. The van der Waals surface area contributed by atoms with Crippen LogP contribution in [0.3, 0.4) is 0 Å². The maximum atomic E-state index is 5.71. The van der Waals surface area contributed by atoms with Gasteiger partial charge in [0, 0.05) is 6.42 Å². The van der Waals surface area contributed by atoms with Gasteiger partial charge >= 0.3 is 0 Å². The maximum absolute atomic E-state index is 5.71. The molecular formula is C10H15B. The summed E-state index contributed by atoms with van der Waals surface area (Å²) in [5, 5.41) is 0. The van der Waals surface area contributed by atoms with E-state index in [2.05, 4.69) is 25.7 Å². The summed E-state index contributed by atoms with van der Waals surface area (Å²) in [6.45, 7) is 6.16. The molecule has 0 saturated carbocycles. The van der Waals surface area contributed by atoms with E-state index in [1.54, 1.807) is 0 Å². The summed E-state index contributed by atoms with van der Waals surface area (Å²) in [4.78, 5) is 0. The van der Waals surface area contributed by atoms with Crippen LogP contribution in [-0.4, -0.2) is 7.85 Å².